The molecule has 1 saturated carbocycles. The molecule has 1 amide bonds. The lowest BCUT2D eigenvalue weighted by Gasteiger charge is -2.49. The number of rotatable bonds is 0. The number of carbonyl (C=O) groups excluding carboxylic acids is 1. The van der Waals surface area contributed by atoms with E-state index in [1.54, 1.807) is 19.1 Å². The minimum atomic E-state index is -4.93. The molecule has 0 saturated heterocycles. The summed E-state index contributed by atoms with van der Waals surface area (Å²) >= 11 is 6.34. The normalized spacial score (nSPS) is 33.9. The van der Waals surface area contributed by atoms with Crippen LogP contribution < -0.4 is 14.4 Å². The van der Waals surface area contributed by atoms with Crippen LogP contribution in [0.1, 0.15) is 67.4 Å². The van der Waals surface area contributed by atoms with E-state index in [1.807, 2.05) is 23.1 Å². The molecule has 1 spiro atoms. The number of hydrogen-bond donors (Lipinski definition) is 2. The molecule has 7 nitrogen and oxygen atoms in total. The van der Waals surface area contributed by atoms with Crippen LogP contribution in [-0.4, -0.2) is 56.2 Å². The summed E-state index contributed by atoms with van der Waals surface area (Å²) in [6, 6.07) is 10.5. The molecule has 0 radical (unpaired) electrons. The number of aliphatic hydroxyl groups is 1. The number of anilines is 1. The van der Waals surface area contributed by atoms with Crippen molar-refractivity contribution in [1.82, 2.24) is 4.72 Å². The van der Waals surface area contributed by atoms with Gasteiger partial charge in [0.25, 0.3) is 5.91 Å². The predicted molar refractivity (Wildman–Crippen MR) is 166 cm³/mol. The summed E-state index contributed by atoms with van der Waals surface area (Å²) in [6.45, 7) is 3.90. The van der Waals surface area contributed by atoms with Gasteiger partial charge in [0, 0.05) is 35.0 Å². The highest BCUT2D eigenvalue weighted by atomic mass is 35.5. The fourth-order valence-corrected chi connectivity index (χ4v) is 9.05. The van der Waals surface area contributed by atoms with Crippen LogP contribution in [0.5, 0.6) is 5.75 Å². The molecule has 2 aliphatic heterocycles. The van der Waals surface area contributed by atoms with E-state index in [0.29, 0.717) is 36.0 Å². The predicted octanol–water partition coefficient (Wildman–Crippen LogP) is 6.18. The summed E-state index contributed by atoms with van der Waals surface area (Å²) in [5, 5.41) is 10.8. The fraction of sp³-hybridized carbons (Fsp3) is 0.545. The van der Waals surface area contributed by atoms with Crippen LogP contribution in [0.3, 0.4) is 0 Å². The van der Waals surface area contributed by atoms with Crippen LogP contribution in [0.25, 0.3) is 0 Å². The molecule has 1 fully saturated rings. The maximum absolute atomic E-state index is 14.6. The lowest BCUT2D eigenvalue weighted by Crippen LogP contribution is -2.58. The van der Waals surface area contributed by atoms with Gasteiger partial charge >= 0.3 is 6.18 Å². The van der Waals surface area contributed by atoms with Crippen molar-refractivity contribution in [2.75, 3.05) is 24.6 Å². The number of carbonyl (C=O) groups is 1. The smallest absolute Gasteiger partial charge is 0.421 e. The van der Waals surface area contributed by atoms with Gasteiger partial charge in [-0.1, -0.05) is 30.7 Å². The number of nitrogens with one attached hydrogen (secondary N) is 1. The molecule has 2 heterocycles. The van der Waals surface area contributed by atoms with Crippen LogP contribution in [-0.2, 0) is 21.9 Å². The fourth-order valence-electron chi connectivity index (χ4n) is 7.57. The lowest BCUT2D eigenvalue weighted by molar-refractivity contribution is -0.273. The van der Waals surface area contributed by atoms with Crippen LogP contribution in [0.4, 0.5) is 18.9 Å². The van der Waals surface area contributed by atoms with Crippen LogP contribution in [0.2, 0.25) is 5.02 Å². The Bertz CT molecular complexity index is 1630. The number of benzene rings is 2. The van der Waals surface area contributed by atoms with Gasteiger partial charge in [0.2, 0.25) is 10.0 Å². The molecule has 4 aliphatic rings. The second kappa shape index (κ2) is 11.5. The average Bonchev–Trinajstić information content (AvgIpc) is 3.10. The van der Waals surface area contributed by atoms with E-state index in [4.69, 9.17) is 16.3 Å². The van der Waals surface area contributed by atoms with Crippen LogP contribution in [0.15, 0.2) is 48.6 Å². The number of amides is 1. The van der Waals surface area contributed by atoms with Crippen LogP contribution >= 0.6 is 11.6 Å². The first-order valence-electron chi connectivity index (χ1n) is 15.5. The standard InChI is InChI=1S/C33H38ClF3N2O5S/c1-20-5-3-14-32(41,33(35,36)37)27-10-7-24(27)17-39-18-31(13-4-6-22-15-25(34)9-11-26(22)31)19-44-29-12-8-23(16-28(29)39)30(40)38-45(42,43)21(20)2/h3,8-9,11-12,14-16,20-21,24,27,41H,4-7,10,13,17-19H2,1-2H3,(H,38,40)/b14-3+/t20-,21+,24-,27+,31-,32-/m0/s1. The second-order valence-electron chi connectivity index (χ2n) is 13.4. The molecular formula is C33H38ClF3N2O5S. The van der Waals surface area contributed by atoms with E-state index in [0.717, 1.165) is 36.5 Å². The molecule has 6 atom stereocenters. The Morgan fingerprint density at radius 2 is 1.91 bits per heavy atom. The Labute approximate surface area is 266 Å². The van der Waals surface area contributed by atoms with Crippen molar-refractivity contribution in [3.05, 3.63) is 70.3 Å². The number of aryl methyl sites for hydroxylation is 1. The molecule has 45 heavy (non-hydrogen) atoms. The largest absolute Gasteiger partial charge is 0.490 e. The van der Waals surface area contributed by atoms with E-state index < -0.39 is 56.1 Å². The van der Waals surface area contributed by atoms with Crippen molar-refractivity contribution in [3.8, 4) is 5.75 Å². The summed E-state index contributed by atoms with van der Waals surface area (Å²) in [5.74, 6) is -2.55. The Kier molecular flexibility index (Phi) is 8.22. The molecule has 2 aromatic carbocycles. The van der Waals surface area contributed by atoms with Gasteiger partial charge < -0.3 is 14.7 Å². The number of hydrogen-bond acceptors (Lipinski definition) is 6. The molecular weight excluding hydrogens is 629 g/mol. The Morgan fingerprint density at radius 3 is 2.62 bits per heavy atom. The zero-order valence-corrected chi connectivity index (χ0v) is 26.8. The minimum Gasteiger partial charge on any atom is -0.490 e. The summed E-state index contributed by atoms with van der Waals surface area (Å²) in [6.07, 6.45) is 0.257. The summed E-state index contributed by atoms with van der Waals surface area (Å²) < 4.78 is 78.7. The van der Waals surface area contributed by atoms with Crippen molar-refractivity contribution in [2.24, 2.45) is 17.8 Å². The van der Waals surface area contributed by atoms with Crippen molar-refractivity contribution < 1.29 is 36.2 Å². The first kappa shape index (κ1) is 32.2. The number of halogens is 4. The molecule has 2 aliphatic carbocycles. The van der Waals surface area contributed by atoms with E-state index in [1.165, 1.54) is 19.1 Å². The van der Waals surface area contributed by atoms with Gasteiger partial charge in [-0.3, -0.25) is 4.79 Å². The van der Waals surface area contributed by atoms with E-state index in [-0.39, 0.29) is 24.9 Å². The van der Waals surface area contributed by atoms with Gasteiger partial charge in [0.15, 0.2) is 5.60 Å². The first-order valence-corrected chi connectivity index (χ1v) is 17.4. The zero-order valence-electron chi connectivity index (χ0n) is 25.2. The number of nitrogens with zero attached hydrogens (tertiary/aromatic N) is 1. The zero-order chi connectivity index (χ0) is 32.4. The Balaban J connectivity index is 1.47. The highest BCUT2D eigenvalue weighted by Gasteiger charge is 2.61. The van der Waals surface area contributed by atoms with Crippen LogP contribution in [0, 0.1) is 17.8 Å². The molecule has 2 aromatic rings. The SMILES string of the molecule is C[C@@H]1[C@@H](C)C/C=C/[C@@](O)(C(F)(F)F)[C@@H]2CC[C@H]2CN2C[C@@]3(CCCc4cc(Cl)ccc43)COc3ccc(cc32)C(=O)NS1(=O)=O. The number of alkyl halides is 3. The van der Waals surface area contributed by atoms with Crippen molar-refractivity contribution in [1.29, 1.82) is 0 Å². The van der Waals surface area contributed by atoms with Gasteiger partial charge in [-0.05, 0) is 105 Å². The number of fused-ring (bicyclic) bond motifs is 4. The number of allylic oxidation sites excluding steroid dienone is 1. The van der Waals surface area contributed by atoms with Crippen molar-refractivity contribution in [2.45, 2.75) is 74.8 Å². The van der Waals surface area contributed by atoms with Crippen molar-refractivity contribution >= 4 is 33.2 Å². The quantitative estimate of drug-likeness (QED) is 0.327. The van der Waals surface area contributed by atoms with Gasteiger partial charge in [-0.2, -0.15) is 13.2 Å². The minimum absolute atomic E-state index is 0.0275. The number of sulfonamides is 1. The first-order chi connectivity index (χ1) is 21.1. The average molecular weight is 667 g/mol. The Hall–Kier alpha value is -2.76. The lowest BCUT2D eigenvalue weighted by atomic mass is 9.63. The maximum atomic E-state index is 14.6. The van der Waals surface area contributed by atoms with E-state index in [2.05, 4.69) is 4.72 Å². The molecule has 12 heteroatoms. The second-order valence-corrected chi connectivity index (χ2v) is 15.8. The number of ether oxygens (including phenoxy) is 1. The molecule has 6 rings (SSSR count). The van der Waals surface area contributed by atoms with E-state index in [9.17, 15) is 31.5 Å². The van der Waals surface area contributed by atoms with Gasteiger partial charge in [0.1, 0.15) is 5.75 Å². The van der Waals surface area contributed by atoms with Crippen molar-refractivity contribution in [3.63, 3.8) is 0 Å². The molecule has 2 N–H and O–H groups in total. The van der Waals surface area contributed by atoms with E-state index >= 15 is 0 Å². The topological polar surface area (TPSA) is 95.9 Å². The third-order valence-corrected chi connectivity index (χ3v) is 12.7. The highest BCUT2D eigenvalue weighted by Crippen LogP contribution is 2.52. The Morgan fingerprint density at radius 1 is 1.13 bits per heavy atom. The molecule has 0 aromatic heterocycles. The molecule has 0 unspecified atom stereocenters. The summed E-state index contributed by atoms with van der Waals surface area (Å²) in [4.78, 5) is 15.3. The monoisotopic (exact) mass is 666 g/mol. The molecule has 2 bridgehead atoms. The maximum Gasteiger partial charge on any atom is 0.421 e. The highest BCUT2D eigenvalue weighted by molar-refractivity contribution is 7.90. The summed E-state index contributed by atoms with van der Waals surface area (Å²) in [5.41, 5.74) is -0.795. The molecule has 244 valence electrons. The van der Waals surface area contributed by atoms with Gasteiger partial charge in [-0.25, -0.2) is 13.1 Å². The van der Waals surface area contributed by atoms with Gasteiger partial charge in [0.05, 0.1) is 17.5 Å². The van der Waals surface area contributed by atoms with Gasteiger partial charge in [-0.15, -0.1) is 0 Å². The third kappa shape index (κ3) is 5.73. The summed E-state index contributed by atoms with van der Waals surface area (Å²) in [7, 11) is -4.18. The third-order valence-electron chi connectivity index (χ3n) is 10.6.